The number of halogens is 1. The summed E-state index contributed by atoms with van der Waals surface area (Å²) in [5.41, 5.74) is 6.06. The minimum absolute atomic E-state index is 0.0870. The number of nitrogens with one attached hydrogen (secondary N) is 1. The Balaban J connectivity index is 1.55. The first kappa shape index (κ1) is 22.7. The quantitative estimate of drug-likeness (QED) is 0.739. The number of benzene rings is 2. The van der Waals surface area contributed by atoms with Crippen LogP contribution in [0.4, 0.5) is 9.18 Å². The number of hydrogen-bond acceptors (Lipinski definition) is 5. The van der Waals surface area contributed by atoms with Crippen LogP contribution in [0.3, 0.4) is 0 Å². The lowest BCUT2D eigenvalue weighted by Crippen LogP contribution is -2.56. The van der Waals surface area contributed by atoms with E-state index in [0.29, 0.717) is 5.75 Å². The highest BCUT2D eigenvalue weighted by molar-refractivity contribution is 5.99. The van der Waals surface area contributed by atoms with Crippen LogP contribution in [0.1, 0.15) is 36.0 Å². The SMILES string of the molecule is NC1CCC(NC(=O)C2N(C(=O)Oc3ccccc3)CCN2C(=O)c2cccc(F)c2)CC1. The molecular weight excluding hydrogens is 427 g/mol. The fraction of sp³-hybridized carbons (Fsp3) is 0.375. The lowest BCUT2D eigenvalue weighted by molar-refractivity contribution is -0.129. The molecule has 2 aromatic rings. The molecule has 3 amide bonds. The molecule has 1 saturated heterocycles. The van der Waals surface area contributed by atoms with Crippen LogP contribution >= 0.6 is 0 Å². The minimum atomic E-state index is -1.20. The Bertz CT molecular complexity index is 1010. The molecule has 0 bridgehead atoms. The number of nitrogens with zero attached hydrogens (tertiary/aromatic N) is 2. The van der Waals surface area contributed by atoms with Crippen molar-refractivity contribution in [1.82, 2.24) is 15.1 Å². The second-order valence-electron chi connectivity index (χ2n) is 8.38. The molecule has 8 nitrogen and oxygen atoms in total. The van der Waals surface area contributed by atoms with E-state index in [9.17, 15) is 18.8 Å². The third-order valence-corrected chi connectivity index (χ3v) is 6.04. The van der Waals surface area contributed by atoms with Crippen molar-refractivity contribution in [2.24, 2.45) is 5.73 Å². The highest BCUT2D eigenvalue weighted by Crippen LogP contribution is 2.23. The zero-order valence-corrected chi connectivity index (χ0v) is 18.2. The van der Waals surface area contributed by atoms with E-state index < -0.39 is 29.9 Å². The Hall–Kier alpha value is -3.46. The highest BCUT2D eigenvalue weighted by atomic mass is 19.1. The number of hydrogen-bond donors (Lipinski definition) is 2. The van der Waals surface area contributed by atoms with Gasteiger partial charge in [0, 0.05) is 30.7 Å². The van der Waals surface area contributed by atoms with Gasteiger partial charge in [0.25, 0.3) is 11.8 Å². The molecular formula is C24H27FN4O4. The summed E-state index contributed by atoms with van der Waals surface area (Å²) in [7, 11) is 0. The van der Waals surface area contributed by atoms with Crippen molar-refractivity contribution in [1.29, 1.82) is 0 Å². The molecule has 1 saturated carbocycles. The molecule has 0 spiro atoms. The van der Waals surface area contributed by atoms with Crippen LogP contribution in [0.2, 0.25) is 0 Å². The Labute approximate surface area is 191 Å². The number of rotatable bonds is 4. The number of carbonyl (C=O) groups excluding carboxylic acids is 3. The fourth-order valence-corrected chi connectivity index (χ4v) is 4.29. The summed E-state index contributed by atoms with van der Waals surface area (Å²) >= 11 is 0. The molecule has 1 unspecified atom stereocenters. The van der Waals surface area contributed by atoms with Crippen molar-refractivity contribution in [3.63, 3.8) is 0 Å². The van der Waals surface area contributed by atoms with Crippen LogP contribution in [0.15, 0.2) is 54.6 Å². The zero-order chi connectivity index (χ0) is 23.4. The number of ether oxygens (including phenoxy) is 1. The first-order chi connectivity index (χ1) is 15.9. The van der Waals surface area contributed by atoms with Crippen LogP contribution in [-0.4, -0.2) is 59.0 Å². The van der Waals surface area contributed by atoms with E-state index in [-0.39, 0.29) is 30.7 Å². The Morgan fingerprint density at radius 2 is 1.64 bits per heavy atom. The first-order valence-electron chi connectivity index (χ1n) is 11.1. The summed E-state index contributed by atoms with van der Waals surface area (Å²) in [6.45, 7) is 0.229. The van der Waals surface area contributed by atoms with Gasteiger partial charge in [-0.2, -0.15) is 0 Å². The molecule has 2 aromatic carbocycles. The van der Waals surface area contributed by atoms with Gasteiger partial charge in [0.2, 0.25) is 0 Å². The van der Waals surface area contributed by atoms with Gasteiger partial charge in [-0.25, -0.2) is 9.18 Å². The highest BCUT2D eigenvalue weighted by Gasteiger charge is 2.44. The van der Waals surface area contributed by atoms with E-state index in [0.717, 1.165) is 31.7 Å². The molecule has 174 valence electrons. The molecule has 2 fully saturated rings. The van der Waals surface area contributed by atoms with E-state index in [2.05, 4.69) is 5.32 Å². The number of para-hydroxylation sites is 1. The number of carbonyl (C=O) groups is 3. The van der Waals surface area contributed by atoms with Crippen molar-refractivity contribution >= 4 is 17.9 Å². The lowest BCUT2D eigenvalue weighted by atomic mass is 9.92. The van der Waals surface area contributed by atoms with Crippen molar-refractivity contribution in [2.45, 2.75) is 43.9 Å². The molecule has 0 radical (unpaired) electrons. The summed E-state index contributed by atoms with van der Waals surface area (Å²) in [5, 5.41) is 2.97. The van der Waals surface area contributed by atoms with Crippen LogP contribution in [0.5, 0.6) is 5.75 Å². The smallest absolute Gasteiger partial charge is 0.410 e. The third-order valence-electron chi connectivity index (χ3n) is 6.04. The third kappa shape index (κ3) is 5.31. The van der Waals surface area contributed by atoms with E-state index >= 15 is 0 Å². The number of amides is 3. The summed E-state index contributed by atoms with van der Waals surface area (Å²) < 4.78 is 19.1. The Morgan fingerprint density at radius 1 is 0.939 bits per heavy atom. The van der Waals surface area contributed by atoms with Gasteiger partial charge in [0.05, 0.1) is 0 Å². The molecule has 1 atom stereocenters. The summed E-state index contributed by atoms with van der Waals surface area (Å²) in [6.07, 6.45) is 1.11. The van der Waals surface area contributed by atoms with Gasteiger partial charge in [-0.1, -0.05) is 24.3 Å². The largest absolute Gasteiger partial charge is 0.417 e. The van der Waals surface area contributed by atoms with E-state index in [1.807, 2.05) is 0 Å². The molecule has 1 aliphatic carbocycles. The zero-order valence-electron chi connectivity index (χ0n) is 18.2. The van der Waals surface area contributed by atoms with Gasteiger partial charge < -0.3 is 20.7 Å². The predicted molar refractivity (Wildman–Crippen MR) is 119 cm³/mol. The number of nitrogens with two attached hydrogens (primary N) is 1. The topological polar surface area (TPSA) is 105 Å². The van der Waals surface area contributed by atoms with Crippen molar-refractivity contribution in [2.75, 3.05) is 13.1 Å². The molecule has 1 aliphatic heterocycles. The van der Waals surface area contributed by atoms with Gasteiger partial charge in [-0.05, 0) is 56.0 Å². The fourth-order valence-electron chi connectivity index (χ4n) is 4.29. The average molecular weight is 455 g/mol. The second-order valence-corrected chi connectivity index (χ2v) is 8.38. The van der Waals surface area contributed by atoms with Crippen molar-refractivity contribution in [3.8, 4) is 5.75 Å². The van der Waals surface area contributed by atoms with Crippen LogP contribution in [-0.2, 0) is 4.79 Å². The van der Waals surface area contributed by atoms with Gasteiger partial charge in [-0.15, -0.1) is 0 Å². The van der Waals surface area contributed by atoms with Crippen LogP contribution in [0, 0.1) is 5.82 Å². The van der Waals surface area contributed by atoms with Crippen molar-refractivity contribution in [3.05, 3.63) is 66.0 Å². The van der Waals surface area contributed by atoms with Crippen LogP contribution in [0.25, 0.3) is 0 Å². The maximum absolute atomic E-state index is 13.7. The molecule has 33 heavy (non-hydrogen) atoms. The van der Waals surface area contributed by atoms with Crippen molar-refractivity contribution < 1.29 is 23.5 Å². The summed E-state index contributed by atoms with van der Waals surface area (Å²) in [4.78, 5) is 41.9. The first-order valence-corrected chi connectivity index (χ1v) is 11.1. The minimum Gasteiger partial charge on any atom is -0.410 e. The second kappa shape index (κ2) is 9.99. The summed E-state index contributed by atoms with van der Waals surface area (Å²) in [6, 6.07) is 13.8. The molecule has 1 heterocycles. The molecule has 3 N–H and O–H groups in total. The van der Waals surface area contributed by atoms with E-state index in [4.69, 9.17) is 10.5 Å². The van der Waals surface area contributed by atoms with Gasteiger partial charge in [-0.3, -0.25) is 14.5 Å². The predicted octanol–water partition coefficient (Wildman–Crippen LogP) is 2.49. The van der Waals surface area contributed by atoms with Crippen LogP contribution < -0.4 is 15.8 Å². The Morgan fingerprint density at radius 3 is 2.33 bits per heavy atom. The average Bonchev–Trinajstić information content (AvgIpc) is 3.26. The lowest BCUT2D eigenvalue weighted by Gasteiger charge is -2.32. The normalized spacial score (nSPS) is 22.7. The van der Waals surface area contributed by atoms with Gasteiger partial charge >= 0.3 is 6.09 Å². The maximum atomic E-state index is 13.7. The molecule has 9 heteroatoms. The summed E-state index contributed by atoms with van der Waals surface area (Å²) in [5.74, 6) is -1.23. The van der Waals surface area contributed by atoms with E-state index in [1.165, 1.54) is 28.0 Å². The standard InChI is InChI=1S/C24H27FN4O4/c25-17-6-4-5-16(15-17)23(31)28-13-14-29(24(32)33-20-7-2-1-3-8-20)22(28)21(30)27-19-11-9-18(26)10-12-19/h1-8,15,18-19,22H,9-14,26H2,(H,27,30). The maximum Gasteiger partial charge on any atom is 0.417 e. The Kier molecular flexibility index (Phi) is 6.88. The molecule has 4 rings (SSSR count). The monoisotopic (exact) mass is 454 g/mol. The van der Waals surface area contributed by atoms with Gasteiger partial charge in [0.15, 0.2) is 6.17 Å². The van der Waals surface area contributed by atoms with E-state index in [1.54, 1.807) is 30.3 Å². The molecule has 2 aliphatic rings. The van der Waals surface area contributed by atoms with Gasteiger partial charge in [0.1, 0.15) is 11.6 Å². The molecule has 0 aromatic heterocycles.